The van der Waals surface area contributed by atoms with E-state index in [1.807, 2.05) is 12.1 Å². The van der Waals surface area contributed by atoms with Crippen molar-refractivity contribution < 1.29 is 22.7 Å². The highest BCUT2D eigenvalue weighted by Gasteiger charge is 2.33. The van der Waals surface area contributed by atoms with Gasteiger partial charge in [0.1, 0.15) is 0 Å². The van der Waals surface area contributed by atoms with E-state index >= 15 is 0 Å². The van der Waals surface area contributed by atoms with Crippen molar-refractivity contribution in [2.24, 2.45) is 5.92 Å². The fraction of sp³-hybridized carbons (Fsp3) is 0.579. The van der Waals surface area contributed by atoms with Crippen molar-refractivity contribution in [3.05, 3.63) is 29.8 Å². The molecule has 1 heterocycles. The maximum Gasteiger partial charge on any atom is 0.309 e. The Morgan fingerprint density at radius 3 is 2.19 bits per heavy atom. The molecule has 8 heteroatoms. The molecule has 1 amide bonds. The summed E-state index contributed by atoms with van der Waals surface area (Å²) in [6, 6.07) is 6.96. The molecule has 0 aromatic heterocycles. The third-order valence-electron chi connectivity index (χ3n) is 4.77. The van der Waals surface area contributed by atoms with E-state index in [0.29, 0.717) is 12.8 Å². The molecule has 1 saturated heterocycles. The predicted octanol–water partition coefficient (Wildman–Crippen LogP) is 1.67. The van der Waals surface area contributed by atoms with Crippen LogP contribution in [-0.2, 0) is 29.8 Å². The Bertz CT molecular complexity index is 773. The van der Waals surface area contributed by atoms with Gasteiger partial charge < -0.3 is 10.1 Å². The number of sulfonamides is 1. The molecule has 1 aromatic carbocycles. The van der Waals surface area contributed by atoms with Crippen molar-refractivity contribution in [2.45, 2.75) is 43.9 Å². The van der Waals surface area contributed by atoms with Gasteiger partial charge in [0.2, 0.25) is 10.0 Å². The lowest BCUT2D eigenvalue weighted by Gasteiger charge is -2.30. The average molecular weight is 397 g/mol. The molecule has 0 unspecified atom stereocenters. The molecule has 1 fully saturated rings. The van der Waals surface area contributed by atoms with E-state index in [9.17, 15) is 18.0 Å². The van der Waals surface area contributed by atoms with Crippen molar-refractivity contribution in [3.63, 3.8) is 0 Å². The highest BCUT2D eigenvalue weighted by atomic mass is 32.2. The van der Waals surface area contributed by atoms with Gasteiger partial charge in [0.25, 0.3) is 5.91 Å². The summed E-state index contributed by atoms with van der Waals surface area (Å²) in [6.45, 7) is 6.42. The standard InChI is InChI=1S/C19H28N2O5S/c1-19(2,3)15-5-7-16(8-6-15)27(24,25)21-11-9-14(10-12-21)18(23)26-13-17(22)20-4/h5-8,14H,9-13H2,1-4H3,(H,20,22). The highest BCUT2D eigenvalue weighted by molar-refractivity contribution is 7.89. The smallest absolute Gasteiger partial charge is 0.309 e. The number of amides is 1. The van der Waals surface area contributed by atoms with Crippen LogP contribution in [0.5, 0.6) is 0 Å². The molecular weight excluding hydrogens is 368 g/mol. The average Bonchev–Trinajstić information content (AvgIpc) is 2.65. The number of nitrogens with one attached hydrogen (secondary N) is 1. The van der Waals surface area contributed by atoms with Gasteiger partial charge in [-0.2, -0.15) is 4.31 Å². The molecule has 1 aliphatic heterocycles. The third-order valence-corrected chi connectivity index (χ3v) is 6.68. The zero-order chi connectivity index (χ0) is 20.2. The summed E-state index contributed by atoms with van der Waals surface area (Å²) in [5.41, 5.74) is 1.02. The first kappa shape index (κ1) is 21.4. The van der Waals surface area contributed by atoms with Gasteiger partial charge >= 0.3 is 5.97 Å². The molecule has 0 aliphatic carbocycles. The van der Waals surface area contributed by atoms with Crippen LogP contribution in [0.3, 0.4) is 0 Å². The van der Waals surface area contributed by atoms with E-state index in [-0.39, 0.29) is 41.8 Å². The normalized spacial score (nSPS) is 16.7. The van der Waals surface area contributed by atoms with Crippen molar-refractivity contribution in [3.8, 4) is 0 Å². The number of esters is 1. The minimum Gasteiger partial charge on any atom is -0.455 e. The Morgan fingerprint density at radius 1 is 1.15 bits per heavy atom. The molecule has 2 rings (SSSR count). The Kier molecular flexibility index (Phi) is 6.64. The summed E-state index contributed by atoms with van der Waals surface area (Å²) >= 11 is 0. The Morgan fingerprint density at radius 2 is 1.70 bits per heavy atom. The van der Waals surface area contributed by atoms with Gasteiger partial charge in [0.15, 0.2) is 6.61 Å². The number of hydrogen-bond acceptors (Lipinski definition) is 5. The molecule has 150 valence electrons. The van der Waals surface area contributed by atoms with E-state index in [0.717, 1.165) is 5.56 Å². The lowest BCUT2D eigenvalue weighted by molar-refractivity contribution is -0.153. The van der Waals surface area contributed by atoms with Crippen LogP contribution < -0.4 is 5.32 Å². The highest BCUT2D eigenvalue weighted by Crippen LogP contribution is 2.27. The van der Waals surface area contributed by atoms with Gasteiger partial charge in [-0.1, -0.05) is 32.9 Å². The first-order chi connectivity index (χ1) is 12.6. The van der Waals surface area contributed by atoms with Crippen LogP contribution in [0.25, 0.3) is 0 Å². The van der Waals surface area contributed by atoms with Crippen LogP contribution >= 0.6 is 0 Å². The SMILES string of the molecule is CNC(=O)COC(=O)C1CCN(S(=O)(=O)c2ccc(C(C)(C)C)cc2)CC1. The first-order valence-corrected chi connectivity index (χ1v) is 10.5. The molecule has 7 nitrogen and oxygen atoms in total. The molecule has 0 bridgehead atoms. The number of likely N-dealkylation sites (N-methyl/N-ethyl adjacent to an activating group) is 1. The summed E-state index contributed by atoms with van der Waals surface area (Å²) in [4.78, 5) is 23.4. The van der Waals surface area contributed by atoms with E-state index in [2.05, 4.69) is 26.1 Å². The summed E-state index contributed by atoms with van der Waals surface area (Å²) in [5, 5.41) is 2.38. The summed E-state index contributed by atoms with van der Waals surface area (Å²) in [7, 11) is -2.12. The number of nitrogens with zero attached hydrogens (tertiary/aromatic N) is 1. The Labute approximate surface area is 161 Å². The number of benzene rings is 1. The summed E-state index contributed by atoms with van der Waals surface area (Å²) in [5.74, 6) is -1.21. The van der Waals surface area contributed by atoms with Crippen molar-refractivity contribution in [1.29, 1.82) is 0 Å². The van der Waals surface area contributed by atoms with Gasteiger partial charge in [-0.15, -0.1) is 0 Å². The number of hydrogen-bond donors (Lipinski definition) is 1. The second-order valence-electron chi connectivity index (χ2n) is 7.73. The molecule has 0 radical (unpaired) electrons. The molecule has 0 saturated carbocycles. The van der Waals surface area contributed by atoms with Crippen LogP contribution in [0.2, 0.25) is 0 Å². The number of ether oxygens (including phenoxy) is 1. The molecular formula is C19H28N2O5S. The fourth-order valence-electron chi connectivity index (χ4n) is 2.93. The molecule has 0 spiro atoms. The molecule has 1 aromatic rings. The van der Waals surface area contributed by atoms with Crippen LogP contribution in [0, 0.1) is 5.92 Å². The maximum atomic E-state index is 12.8. The largest absolute Gasteiger partial charge is 0.455 e. The summed E-state index contributed by atoms with van der Waals surface area (Å²) < 4.78 is 32.0. The van der Waals surface area contributed by atoms with Crippen LogP contribution in [0.4, 0.5) is 0 Å². The van der Waals surface area contributed by atoms with Crippen molar-refractivity contribution in [2.75, 3.05) is 26.7 Å². The van der Waals surface area contributed by atoms with Gasteiger partial charge in [0.05, 0.1) is 10.8 Å². The summed E-state index contributed by atoms with van der Waals surface area (Å²) in [6.07, 6.45) is 0.762. The van der Waals surface area contributed by atoms with E-state index < -0.39 is 16.0 Å². The van der Waals surface area contributed by atoms with E-state index in [1.54, 1.807) is 12.1 Å². The van der Waals surface area contributed by atoms with Crippen LogP contribution in [0.1, 0.15) is 39.2 Å². The van der Waals surface area contributed by atoms with E-state index in [1.165, 1.54) is 11.4 Å². The number of piperidine rings is 1. The number of carbonyl (C=O) groups is 2. The number of carbonyl (C=O) groups excluding carboxylic acids is 2. The monoisotopic (exact) mass is 396 g/mol. The van der Waals surface area contributed by atoms with Gasteiger partial charge in [0, 0.05) is 20.1 Å². The van der Waals surface area contributed by atoms with Gasteiger partial charge in [-0.3, -0.25) is 9.59 Å². The number of rotatable bonds is 5. The lowest BCUT2D eigenvalue weighted by atomic mass is 9.87. The van der Waals surface area contributed by atoms with E-state index in [4.69, 9.17) is 4.74 Å². The first-order valence-electron chi connectivity index (χ1n) is 9.03. The quantitative estimate of drug-likeness (QED) is 0.765. The molecule has 27 heavy (non-hydrogen) atoms. The van der Waals surface area contributed by atoms with Crippen molar-refractivity contribution >= 4 is 21.9 Å². The minimum absolute atomic E-state index is 0.0460. The van der Waals surface area contributed by atoms with Crippen LogP contribution in [-0.4, -0.2) is 51.3 Å². The van der Waals surface area contributed by atoms with Crippen molar-refractivity contribution in [1.82, 2.24) is 9.62 Å². The van der Waals surface area contributed by atoms with Gasteiger partial charge in [-0.25, -0.2) is 8.42 Å². The molecule has 0 atom stereocenters. The maximum absolute atomic E-state index is 12.8. The third kappa shape index (κ3) is 5.29. The predicted molar refractivity (Wildman–Crippen MR) is 102 cm³/mol. The Hall–Kier alpha value is -1.93. The Balaban J connectivity index is 1.98. The zero-order valence-corrected chi connectivity index (χ0v) is 17.1. The molecule has 1 aliphatic rings. The topological polar surface area (TPSA) is 92.8 Å². The second kappa shape index (κ2) is 8.39. The van der Waals surface area contributed by atoms with Gasteiger partial charge in [-0.05, 0) is 36.0 Å². The lowest BCUT2D eigenvalue weighted by Crippen LogP contribution is -2.41. The molecule has 1 N–H and O–H groups in total. The van der Waals surface area contributed by atoms with Crippen LogP contribution in [0.15, 0.2) is 29.2 Å². The second-order valence-corrected chi connectivity index (χ2v) is 9.67. The zero-order valence-electron chi connectivity index (χ0n) is 16.3. The minimum atomic E-state index is -3.59. The fourth-order valence-corrected chi connectivity index (χ4v) is 4.40.